The number of nitrogens with zero attached hydrogens (tertiary/aromatic N) is 3. The molecule has 0 radical (unpaired) electrons. The highest BCUT2D eigenvalue weighted by Gasteiger charge is 2.27. The first-order valence-electron chi connectivity index (χ1n) is 7.75. The third-order valence-electron chi connectivity index (χ3n) is 4.37. The zero-order chi connectivity index (χ0) is 15.8. The molecule has 4 nitrogen and oxygen atoms in total. The van der Waals surface area contributed by atoms with Gasteiger partial charge in [0, 0.05) is 12.2 Å². The normalized spacial score (nSPS) is 13.2. The zero-order valence-electron chi connectivity index (χ0n) is 12.9. The molecule has 0 spiro atoms. The molecule has 0 atom stereocenters. The van der Waals surface area contributed by atoms with Crippen LogP contribution in [0.2, 0.25) is 0 Å². The molecule has 1 aliphatic rings. The minimum absolute atomic E-state index is 0.0228. The van der Waals surface area contributed by atoms with Crippen LogP contribution >= 0.6 is 0 Å². The number of anilines is 1. The van der Waals surface area contributed by atoms with Gasteiger partial charge in [-0.1, -0.05) is 36.4 Å². The predicted molar refractivity (Wildman–Crippen MR) is 90.1 cm³/mol. The number of para-hydroxylation sites is 2. The number of hydrogen-bond donors (Lipinski definition) is 0. The van der Waals surface area contributed by atoms with Gasteiger partial charge in [0.05, 0.1) is 23.1 Å². The van der Waals surface area contributed by atoms with Gasteiger partial charge >= 0.3 is 0 Å². The molecular formula is C19H17N3O. The molecule has 3 aromatic rings. The van der Waals surface area contributed by atoms with Gasteiger partial charge in [-0.3, -0.25) is 4.79 Å². The molecule has 2 aromatic carbocycles. The number of hydrogen-bond acceptors (Lipinski definition) is 2. The van der Waals surface area contributed by atoms with Crippen molar-refractivity contribution in [3.63, 3.8) is 0 Å². The van der Waals surface area contributed by atoms with E-state index in [1.54, 1.807) is 6.20 Å². The van der Waals surface area contributed by atoms with Crippen LogP contribution in [-0.4, -0.2) is 22.2 Å². The summed E-state index contributed by atoms with van der Waals surface area (Å²) in [5.74, 6) is 0.0228. The molecular weight excluding hydrogens is 286 g/mol. The van der Waals surface area contributed by atoms with E-state index in [0.717, 1.165) is 30.0 Å². The molecule has 0 aliphatic carbocycles. The number of fused-ring (bicyclic) bond motifs is 1. The molecule has 0 fully saturated rings. The fourth-order valence-corrected chi connectivity index (χ4v) is 3.14. The Hall–Kier alpha value is -2.88. The number of aromatic nitrogens is 2. The van der Waals surface area contributed by atoms with Crippen molar-refractivity contribution in [3.8, 4) is 5.69 Å². The highest BCUT2D eigenvalue weighted by molar-refractivity contribution is 6.07. The molecule has 0 unspecified atom stereocenters. The summed E-state index contributed by atoms with van der Waals surface area (Å²) >= 11 is 0. The molecule has 1 aliphatic heterocycles. The van der Waals surface area contributed by atoms with E-state index in [0.29, 0.717) is 5.56 Å². The molecule has 23 heavy (non-hydrogen) atoms. The van der Waals surface area contributed by atoms with Gasteiger partial charge < -0.3 is 4.90 Å². The molecule has 2 heterocycles. The molecule has 0 saturated carbocycles. The highest BCUT2D eigenvalue weighted by Crippen LogP contribution is 2.29. The Morgan fingerprint density at radius 2 is 1.78 bits per heavy atom. The Labute approximate surface area is 135 Å². The first kappa shape index (κ1) is 13.8. The molecule has 0 N–H and O–H groups in total. The van der Waals surface area contributed by atoms with Crippen molar-refractivity contribution in [1.29, 1.82) is 0 Å². The van der Waals surface area contributed by atoms with Crippen LogP contribution in [0.1, 0.15) is 21.6 Å². The summed E-state index contributed by atoms with van der Waals surface area (Å²) in [7, 11) is 0. The van der Waals surface area contributed by atoms with Crippen LogP contribution in [0.15, 0.2) is 60.8 Å². The summed E-state index contributed by atoms with van der Waals surface area (Å²) in [6.07, 6.45) is 2.58. The summed E-state index contributed by atoms with van der Waals surface area (Å²) < 4.78 is 1.81. The molecule has 0 saturated heterocycles. The van der Waals surface area contributed by atoms with E-state index in [4.69, 9.17) is 0 Å². The largest absolute Gasteiger partial charge is 0.308 e. The Bertz CT molecular complexity index is 867. The van der Waals surface area contributed by atoms with Crippen LogP contribution in [0.25, 0.3) is 5.69 Å². The Morgan fingerprint density at radius 1 is 1.04 bits per heavy atom. The van der Waals surface area contributed by atoms with Crippen LogP contribution in [0, 0.1) is 6.92 Å². The van der Waals surface area contributed by atoms with Crippen molar-refractivity contribution in [3.05, 3.63) is 77.6 Å². The minimum Gasteiger partial charge on any atom is -0.308 e. The van der Waals surface area contributed by atoms with Gasteiger partial charge in [-0.2, -0.15) is 5.10 Å². The van der Waals surface area contributed by atoms with Crippen molar-refractivity contribution < 1.29 is 4.79 Å². The lowest BCUT2D eigenvalue weighted by Crippen LogP contribution is -2.29. The van der Waals surface area contributed by atoms with Gasteiger partial charge in [-0.15, -0.1) is 0 Å². The van der Waals surface area contributed by atoms with Gasteiger partial charge in [0.1, 0.15) is 0 Å². The predicted octanol–water partition coefficient (Wildman–Crippen LogP) is 3.38. The molecule has 4 rings (SSSR count). The average molecular weight is 303 g/mol. The number of rotatable bonds is 2. The highest BCUT2D eigenvalue weighted by atomic mass is 16.2. The molecule has 0 bridgehead atoms. The lowest BCUT2D eigenvalue weighted by molar-refractivity contribution is 0.0989. The summed E-state index contributed by atoms with van der Waals surface area (Å²) in [5.41, 5.74) is 4.74. The fraction of sp³-hybridized carbons (Fsp3) is 0.158. The second-order valence-corrected chi connectivity index (χ2v) is 5.73. The van der Waals surface area contributed by atoms with Gasteiger partial charge in [0.25, 0.3) is 5.91 Å². The fourth-order valence-electron chi connectivity index (χ4n) is 3.14. The molecule has 1 aromatic heterocycles. The van der Waals surface area contributed by atoms with Crippen LogP contribution in [0.4, 0.5) is 5.69 Å². The van der Waals surface area contributed by atoms with Crippen molar-refractivity contribution in [2.75, 3.05) is 11.4 Å². The van der Waals surface area contributed by atoms with Crippen LogP contribution in [0.3, 0.4) is 0 Å². The smallest absolute Gasteiger partial charge is 0.261 e. The number of amides is 1. The maximum absolute atomic E-state index is 12.9. The van der Waals surface area contributed by atoms with Gasteiger partial charge in [-0.05, 0) is 37.1 Å². The maximum Gasteiger partial charge on any atom is 0.261 e. The molecule has 1 amide bonds. The van der Waals surface area contributed by atoms with Crippen molar-refractivity contribution in [2.24, 2.45) is 0 Å². The van der Waals surface area contributed by atoms with E-state index in [2.05, 4.69) is 11.2 Å². The van der Waals surface area contributed by atoms with E-state index in [-0.39, 0.29) is 5.91 Å². The first-order valence-corrected chi connectivity index (χ1v) is 7.75. The lowest BCUT2D eigenvalue weighted by Gasteiger charge is -2.17. The third-order valence-corrected chi connectivity index (χ3v) is 4.37. The third kappa shape index (κ3) is 2.23. The van der Waals surface area contributed by atoms with Gasteiger partial charge in [0.15, 0.2) is 0 Å². The summed E-state index contributed by atoms with van der Waals surface area (Å²) in [4.78, 5) is 14.8. The van der Waals surface area contributed by atoms with E-state index >= 15 is 0 Å². The molecule has 114 valence electrons. The van der Waals surface area contributed by atoms with E-state index in [1.807, 2.05) is 65.0 Å². The van der Waals surface area contributed by atoms with Crippen molar-refractivity contribution in [1.82, 2.24) is 9.78 Å². The second kappa shape index (κ2) is 5.39. The maximum atomic E-state index is 12.9. The zero-order valence-corrected chi connectivity index (χ0v) is 12.9. The Kier molecular flexibility index (Phi) is 3.23. The summed E-state index contributed by atoms with van der Waals surface area (Å²) in [6, 6.07) is 18.0. The SMILES string of the molecule is Cc1c(C(=O)N2CCc3ccccc32)cnn1-c1ccccc1. The molecule has 4 heteroatoms. The topological polar surface area (TPSA) is 38.1 Å². The van der Waals surface area contributed by atoms with Crippen LogP contribution in [-0.2, 0) is 6.42 Å². The second-order valence-electron chi connectivity index (χ2n) is 5.73. The number of carbonyl (C=O) groups excluding carboxylic acids is 1. The number of carbonyl (C=O) groups is 1. The van der Waals surface area contributed by atoms with Crippen molar-refractivity contribution in [2.45, 2.75) is 13.3 Å². The van der Waals surface area contributed by atoms with E-state index in [1.165, 1.54) is 5.56 Å². The van der Waals surface area contributed by atoms with Gasteiger partial charge in [0.2, 0.25) is 0 Å². The number of benzene rings is 2. The first-order chi connectivity index (χ1) is 11.3. The Morgan fingerprint density at radius 3 is 2.61 bits per heavy atom. The van der Waals surface area contributed by atoms with Gasteiger partial charge in [-0.25, -0.2) is 4.68 Å². The lowest BCUT2D eigenvalue weighted by atomic mass is 10.1. The summed E-state index contributed by atoms with van der Waals surface area (Å²) in [6.45, 7) is 2.67. The van der Waals surface area contributed by atoms with E-state index < -0.39 is 0 Å². The van der Waals surface area contributed by atoms with Crippen molar-refractivity contribution >= 4 is 11.6 Å². The monoisotopic (exact) mass is 303 g/mol. The van der Waals surface area contributed by atoms with Crippen LogP contribution in [0.5, 0.6) is 0 Å². The average Bonchev–Trinajstić information content (AvgIpc) is 3.19. The Balaban J connectivity index is 1.70. The van der Waals surface area contributed by atoms with E-state index in [9.17, 15) is 4.79 Å². The minimum atomic E-state index is 0.0228. The quantitative estimate of drug-likeness (QED) is 0.728. The van der Waals surface area contributed by atoms with Crippen LogP contribution < -0.4 is 4.90 Å². The summed E-state index contributed by atoms with van der Waals surface area (Å²) in [5, 5.41) is 4.40. The standard InChI is InChI=1S/C19H17N3O/c1-14-17(13-20-22(14)16-8-3-2-4-9-16)19(23)21-12-11-15-7-5-6-10-18(15)21/h2-10,13H,11-12H2,1H3.